The summed E-state index contributed by atoms with van der Waals surface area (Å²) < 4.78 is 0. The van der Waals surface area contributed by atoms with E-state index in [1.165, 1.54) is 0 Å². The van der Waals surface area contributed by atoms with Crippen LogP contribution in [0.3, 0.4) is 0 Å². The molecular formula is C21H23NO3. The summed E-state index contributed by atoms with van der Waals surface area (Å²) in [5.74, 6) is -0.763. The SMILES string of the molecule is O=C(O)C[C@H](CCc1ccccc1)N(C(=O)C1CC1)c1ccccc1. The third-order valence-electron chi connectivity index (χ3n) is 4.58. The zero-order chi connectivity index (χ0) is 17.6. The summed E-state index contributed by atoms with van der Waals surface area (Å²) in [5, 5.41) is 9.37. The average molecular weight is 337 g/mol. The van der Waals surface area contributed by atoms with Crippen molar-refractivity contribution < 1.29 is 14.7 Å². The van der Waals surface area contributed by atoms with E-state index in [0.717, 1.165) is 30.5 Å². The van der Waals surface area contributed by atoms with Crippen LogP contribution in [-0.2, 0) is 16.0 Å². The fourth-order valence-electron chi connectivity index (χ4n) is 3.14. The molecule has 0 bridgehead atoms. The molecule has 2 aromatic carbocycles. The van der Waals surface area contributed by atoms with Crippen molar-refractivity contribution in [3.63, 3.8) is 0 Å². The van der Waals surface area contributed by atoms with Crippen molar-refractivity contribution in [2.75, 3.05) is 4.90 Å². The third-order valence-corrected chi connectivity index (χ3v) is 4.58. The van der Waals surface area contributed by atoms with Gasteiger partial charge in [0.1, 0.15) is 0 Å². The fourth-order valence-corrected chi connectivity index (χ4v) is 3.14. The molecule has 1 amide bonds. The molecule has 1 fully saturated rings. The Hall–Kier alpha value is -2.62. The highest BCUT2D eigenvalue weighted by Gasteiger charge is 2.37. The van der Waals surface area contributed by atoms with Crippen LogP contribution in [0.1, 0.15) is 31.2 Å². The van der Waals surface area contributed by atoms with Gasteiger partial charge in [-0.1, -0.05) is 48.5 Å². The maximum absolute atomic E-state index is 12.9. The van der Waals surface area contributed by atoms with Gasteiger partial charge in [-0.15, -0.1) is 0 Å². The van der Waals surface area contributed by atoms with Gasteiger partial charge in [-0.05, 0) is 43.4 Å². The molecule has 0 radical (unpaired) electrons. The van der Waals surface area contributed by atoms with Gasteiger partial charge in [-0.3, -0.25) is 9.59 Å². The van der Waals surface area contributed by atoms with Crippen molar-refractivity contribution in [2.45, 2.75) is 38.1 Å². The molecule has 25 heavy (non-hydrogen) atoms. The number of amides is 1. The second kappa shape index (κ2) is 7.97. The Bertz CT molecular complexity index is 710. The summed E-state index contributed by atoms with van der Waals surface area (Å²) in [6.45, 7) is 0. The maximum Gasteiger partial charge on any atom is 0.305 e. The first-order valence-corrected chi connectivity index (χ1v) is 8.79. The van der Waals surface area contributed by atoms with E-state index < -0.39 is 5.97 Å². The Kier molecular flexibility index (Phi) is 5.49. The van der Waals surface area contributed by atoms with Gasteiger partial charge in [0.05, 0.1) is 6.42 Å². The molecule has 0 aliphatic heterocycles. The number of benzene rings is 2. The van der Waals surface area contributed by atoms with Crippen molar-refractivity contribution >= 4 is 17.6 Å². The number of aryl methyl sites for hydroxylation is 1. The molecule has 0 saturated heterocycles. The van der Waals surface area contributed by atoms with E-state index in [1.807, 2.05) is 60.7 Å². The first kappa shape index (κ1) is 17.2. The fraction of sp³-hybridized carbons (Fsp3) is 0.333. The number of hydrogen-bond acceptors (Lipinski definition) is 2. The lowest BCUT2D eigenvalue weighted by Crippen LogP contribution is -2.43. The Labute approximate surface area is 148 Å². The molecule has 1 aliphatic rings. The lowest BCUT2D eigenvalue weighted by atomic mass is 10.00. The first-order valence-electron chi connectivity index (χ1n) is 8.79. The molecule has 0 aromatic heterocycles. The maximum atomic E-state index is 12.9. The number of para-hydroxylation sites is 1. The lowest BCUT2D eigenvalue weighted by molar-refractivity contribution is -0.137. The number of carboxylic acids is 1. The summed E-state index contributed by atoms with van der Waals surface area (Å²) in [5.41, 5.74) is 1.95. The normalized spacial score (nSPS) is 14.7. The molecule has 1 atom stereocenters. The van der Waals surface area contributed by atoms with E-state index in [4.69, 9.17) is 0 Å². The summed E-state index contributed by atoms with van der Waals surface area (Å²) in [6.07, 6.45) is 3.14. The molecule has 0 unspecified atom stereocenters. The van der Waals surface area contributed by atoms with Gasteiger partial charge in [-0.25, -0.2) is 0 Å². The quantitative estimate of drug-likeness (QED) is 0.794. The minimum Gasteiger partial charge on any atom is -0.481 e. The zero-order valence-electron chi connectivity index (χ0n) is 14.2. The van der Waals surface area contributed by atoms with Gasteiger partial charge in [0.2, 0.25) is 5.91 Å². The smallest absolute Gasteiger partial charge is 0.305 e. The topological polar surface area (TPSA) is 57.6 Å². The Morgan fingerprint density at radius 3 is 2.16 bits per heavy atom. The number of rotatable bonds is 8. The van der Waals surface area contributed by atoms with Crippen molar-refractivity contribution in [1.29, 1.82) is 0 Å². The Balaban J connectivity index is 1.83. The second-order valence-corrected chi connectivity index (χ2v) is 6.59. The van der Waals surface area contributed by atoms with Crippen molar-refractivity contribution in [3.05, 3.63) is 66.2 Å². The number of hydrogen-bond donors (Lipinski definition) is 1. The highest BCUT2D eigenvalue weighted by Crippen LogP contribution is 2.34. The van der Waals surface area contributed by atoms with Gasteiger partial charge in [-0.2, -0.15) is 0 Å². The summed E-state index contributed by atoms with van der Waals surface area (Å²) in [7, 11) is 0. The van der Waals surface area contributed by atoms with E-state index in [0.29, 0.717) is 6.42 Å². The summed E-state index contributed by atoms with van der Waals surface area (Å²) in [4.78, 5) is 26.0. The van der Waals surface area contributed by atoms with Crippen LogP contribution in [0, 0.1) is 5.92 Å². The second-order valence-electron chi connectivity index (χ2n) is 6.59. The van der Waals surface area contributed by atoms with Crippen LogP contribution in [0.2, 0.25) is 0 Å². The number of nitrogens with zero attached hydrogens (tertiary/aromatic N) is 1. The molecule has 3 rings (SSSR count). The first-order chi connectivity index (χ1) is 12.1. The lowest BCUT2D eigenvalue weighted by Gasteiger charge is -2.31. The van der Waals surface area contributed by atoms with Crippen LogP contribution in [0.25, 0.3) is 0 Å². The summed E-state index contributed by atoms with van der Waals surface area (Å²) >= 11 is 0. The van der Waals surface area contributed by atoms with Crippen molar-refractivity contribution in [1.82, 2.24) is 0 Å². The molecule has 1 N–H and O–H groups in total. The van der Waals surface area contributed by atoms with E-state index in [2.05, 4.69) is 0 Å². The predicted octanol–water partition coefficient (Wildman–Crippen LogP) is 3.91. The zero-order valence-corrected chi connectivity index (χ0v) is 14.2. The molecule has 1 aliphatic carbocycles. The number of carbonyl (C=O) groups excluding carboxylic acids is 1. The standard InChI is InChI=1S/C21H23NO3/c23-20(24)15-19(14-11-16-7-3-1-4-8-16)22(21(25)17-12-13-17)18-9-5-2-6-10-18/h1-10,17,19H,11-15H2,(H,23,24)/t19-/m0/s1. The monoisotopic (exact) mass is 337 g/mol. The number of anilines is 1. The minimum absolute atomic E-state index is 0.0415. The number of aliphatic carboxylic acids is 1. The van der Waals surface area contributed by atoms with E-state index >= 15 is 0 Å². The van der Waals surface area contributed by atoms with Crippen LogP contribution in [0.15, 0.2) is 60.7 Å². The van der Waals surface area contributed by atoms with Crippen LogP contribution < -0.4 is 4.90 Å². The number of carbonyl (C=O) groups is 2. The van der Waals surface area contributed by atoms with E-state index in [1.54, 1.807) is 4.90 Å². The van der Waals surface area contributed by atoms with Gasteiger partial charge in [0, 0.05) is 17.6 Å². The van der Waals surface area contributed by atoms with Crippen LogP contribution in [0.4, 0.5) is 5.69 Å². The van der Waals surface area contributed by atoms with Crippen molar-refractivity contribution in [2.24, 2.45) is 5.92 Å². The Morgan fingerprint density at radius 2 is 1.60 bits per heavy atom. The summed E-state index contributed by atoms with van der Waals surface area (Å²) in [6, 6.07) is 19.1. The van der Waals surface area contributed by atoms with Gasteiger partial charge < -0.3 is 10.0 Å². The molecule has 1 saturated carbocycles. The third kappa shape index (κ3) is 4.69. The molecule has 0 heterocycles. The van der Waals surface area contributed by atoms with Gasteiger partial charge in [0.15, 0.2) is 0 Å². The van der Waals surface area contributed by atoms with Crippen LogP contribution in [-0.4, -0.2) is 23.0 Å². The molecule has 2 aromatic rings. The van der Waals surface area contributed by atoms with E-state index in [-0.39, 0.29) is 24.3 Å². The van der Waals surface area contributed by atoms with Gasteiger partial charge >= 0.3 is 5.97 Å². The van der Waals surface area contributed by atoms with Crippen molar-refractivity contribution in [3.8, 4) is 0 Å². The highest BCUT2D eigenvalue weighted by atomic mass is 16.4. The van der Waals surface area contributed by atoms with E-state index in [9.17, 15) is 14.7 Å². The highest BCUT2D eigenvalue weighted by molar-refractivity contribution is 5.97. The molecule has 4 nitrogen and oxygen atoms in total. The average Bonchev–Trinajstić information content (AvgIpc) is 3.46. The largest absolute Gasteiger partial charge is 0.481 e. The van der Waals surface area contributed by atoms with Crippen LogP contribution in [0.5, 0.6) is 0 Å². The predicted molar refractivity (Wildman–Crippen MR) is 97.5 cm³/mol. The number of carboxylic acid groups (broad SMARTS) is 1. The van der Waals surface area contributed by atoms with Gasteiger partial charge in [0.25, 0.3) is 0 Å². The molecular weight excluding hydrogens is 314 g/mol. The Morgan fingerprint density at radius 1 is 1.00 bits per heavy atom. The minimum atomic E-state index is -0.873. The molecule has 4 heteroatoms. The molecule has 130 valence electrons. The van der Waals surface area contributed by atoms with Crippen LogP contribution >= 0.6 is 0 Å². The molecule has 0 spiro atoms.